The quantitative estimate of drug-likeness (QED) is 0.448. The molecule has 1 aliphatic rings. The van der Waals surface area contributed by atoms with Crippen LogP contribution in [0.2, 0.25) is 0 Å². The first-order valence-electron chi connectivity index (χ1n) is 10.2. The third-order valence-electron chi connectivity index (χ3n) is 5.21. The summed E-state index contributed by atoms with van der Waals surface area (Å²) in [4.78, 5) is 37.4. The first kappa shape index (κ1) is 23.5. The molecule has 2 N–H and O–H groups in total. The maximum Gasteiger partial charge on any atom is 0.433 e. The van der Waals surface area contributed by atoms with Crippen LogP contribution >= 0.6 is 0 Å². The molecule has 11 heteroatoms. The van der Waals surface area contributed by atoms with E-state index in [-0.39, 0.29) is 12.5 Å². The van der Waals surface area contributed by atoms with Gasteiger partial charge in [0.1, 0.15) is 18.3 Å². The third kappa shape index (κ3) is 6.39. The number of alkyl halides is 3. The van der Waals surface area contributed by atoms with Crippen molar-refractivity contribution in [2.24, 2.45) is 5.92 Å². The van der Waals surface area contributed by atoms with E-state index in [1.807, 2.05) is 30.3 Å². The molecule has 8 nitrogen and oxygen atoms in total. The first-order chi connectivity index (χ1) is 15.4. The van der Waals surface area contributed by atoms with E-state index in [2.05, 4.69) is 20.8 Å². The van der Waals surface area contributed by atoms with E-state index in [1.54, 1.807) is 0 Å². The smallest absolute Gasteiger partial charge is 0.276 e. The molecule has 1 aliphatic carbocycles. The molecule has 1 aromatic heterocycles. The predicted octanol–water partition coefficient (Wildman–Crippen LogP) is 3.48. The van der Waals surface area contributed by atoms with Crippen molar-refractivity contribution >= 4 is 18.3 Å². The van der Waals surface area contributed by atoms with Gasteiger partial charge in [-0.3, -0.25) is 25.3 Å². The van der Waals surface area contributed by atoms with Crippen molar-refractivity contribution in [3.05, 3.63) is 53.9 Å². The van der Waals surface area contributed by atoms with Gasteiger partial charge in [0.05, 0.1) is 0 Å². The number of rotatable bonds is 9. The first-order valence-corrected chi connectivity index (χ1v) is 10.2. The Morgan fingerprint density at radius 3 is 2.56 bits per heavy atom. The van der Waals surface area contributed by atoms with Crippen LogP contribution in [0, 0.1) is 5.92 Å². The lowest BCUT2D eigenvalue weighted by atomic mass is 9.83. The van der Waals surface area contributed by atoms with Crippen LogP contribution in [-0.2, 0) is 27.2 Å². The number of nitrogens with one attached hydrogen (secondary N) is 2. The molecule has 1 atom stereocenters. The van der Waals surface area contributed by atoms with E-state index in [9.17, 15) is 22.8 Å². The van der Waals surface area contributed by atoms with Crippen LogP contribution in [0.15, 0.2) is 42.6 Å². The van der Waals surface area contributed by atoms with Crippen molar-refractivity contribution in [1.29, 1.82) is 0 Å². The normalized spacial score (nSPS) is 15.6. The van der Waals surface area contributed by atoms with Crippen LogP contribution in [0.1, 0.15) is 43.4 Å². The predicted molar refractivity (Wildman–Crippen MR) is 108 cm³/mol. The van der Waals surface area contributed by atoms with Crippen molar-refractivity contribution in [2.45, 2.75) is 50.9 Å². The highest BCUT2D eigenvalue weighted by Crippen LogP contribution is 2.30. The lowest BCUT2D eigenvalue weighted by molar-refractivity contribution is -0.202. The van der Waals surface area contributed by atoms with Crippen LogP contribution in [0.5, 0.6) is 0 Å². The van der Waals surface area contributed by atoms with Crippen LogP contribution in [0.3, 0.4) is 0 Å². The van der Waals surface area contributed by atoms with Gasteiger partial charge in [0.25, 0.3) is 5.91 Å². The highest BCUT2D eigenvalue weighted by molar-refractivity contribution is 5.84. The van der Waals surface area contributed by atoms with Gasteiger partial charge < -0.3 is 0 Å². The number of benzene rings is 1. The minimum Gasteiger partial charge on any atom is -0.276 e. The van der Waals surface area contributed by atoms with Gasteiger partial charge in [-0.15, -0.1) is 0 Å². The maximum atomic E-state index is 13.0. The zero-order valence-electron chi connectivity index (χ0n) is 17.2. The standard InChI is InChI=1S/C21H24F3N5O3/c22-21(23,24)17-11-12-25-20(26-17)28-27-19(31)18(16-9-5-2-6-10-16)29(14-30)32-13-15-7-3-1-4-8-15/h1,3-4,7-8,11-12,14,16,18H,2,5-6,9-10,13H2,(H,27,31)(H,25,26,28). The Morgan fingerprint density at radius 1 is 1.19 bits per heavy atom. The molecule has 0 spiro atoms. The van der Waals surface area contributed by atoms with E-state index < -0.39 is 29.8 Å². The molecule has 1 saturated carbocycles. The molecule has 1 unspecified atom stereocenters. The monoisotopic (exact) mass is 451 g/mol. The number of carbonyl (C=O) groups is 2. The topological polar surface area (TPSA) is 96.5 Å². The van der Waals surface area contributed by atoms with Crippen molar-refractivity contribution in [3.8, 4) is 0 Å². The van der Waals surface area contributed by atoms with Gasteiger partial charge in [-0.05, 0) is 30.4 Å². The molecule has 0 saturated heterocycles. The zero-order valence-corrected chi connectivity index (χ0v) is 17.2. The summed E-state index contributed by atoms with van der Waals surface area (Å²) in [6.45, 7) is 0.0836. The molecule has 0 radical (unpaired) electrons. The molecule has 2 aromatic rings. The van der Waals surface area contributed by atoms with E-state index in [0.29, 0.717) is 6.41 Å². The molecule has 1 heterocycles. The highest BCUT2D eigenvalue weighted by Gasteiger charge is 2.36. The number of hydrogen-bond acceptors (Lipinski definition) is 6. The molecule has 1 fully saturated rings. The van der Waals surface area contributed by atoms with Crippen LogP contribution in [-0.4, -0.2) is 33.4 Å². The number of carbonyl (C=O) groups excluding carboxylic acids is 2. The third-order valence-corrected chi connectivity index (χ3v) is 5.21. The van der Waals surface area contributed by atoms with Gasteiger partial charge in [-0.25, -0.2) is 15.0 Å². The van der Waals surface area contributed by atoms with Crippen LogP contribution < -0.4 is 10.9 Å². The second kappa shape index (κ2) is 10.9. The van der Waals surface area contributed by atoms with Crippen molar-refractivity contribution in [3.63, 3.8) is 0 Å². The van der Waals surface area contributed by atoms with E-state index in [0.717, 1.165) is 55.0 Å². The van der Waals surface area contributed by atoms with E-state index in [1.165, 1.54) is 0 Å². The molecule has 1 aromatic carbocycles. The number of aromatic nitrogens is 2. The fraction of sp³-hybridized carbons (Fsp3) is 0.429. The summed E-state index contributed by atoms with van der Waals surface area (Å²) in [6.07, 6.45) is 1.02. The number of hydrazine groups is 1. The fourth-order valence-electron chi connectivity index (χ4n) is 3.66. The summed E-state index contributed by atoms with van der Waals surface area (Å²) < 4.78 is 38.5. The fourth-order valence-corrected chi connectivity index (χ4v) is 3.66. The number of halogens is 3. The number of amides is 2. The van der Waals surface area contributed by atoms with Crippen molar-refractivity contribution < 1.29 is 27.6 Å². The Hall–Kier alpha value is -3.21. The summed E-state index contributed by atoms with van der Waals surface area (Å²) in [5, 5.41) is 0.979. The van der Waals surface area contributed by atoms with E-state index in [4.69, 9.17) is 4.84 Å². The molecule has 2 amide bonds. The number of hydroxylamine groups is 2. The summed E-state index contributed by atoms with van der Waals surface area (Å²) in [7, 11) is 0. The van der Waals surface area contributed by atoms with Gasteiger partial charge in [0.2, 0.25) is 12.4 Å². The average Bonchev–Trinajstić information content (AvgIpc) is 2.81. The summed E-state index contributed by atoms with van der Waals surface area (Å²) in [5.74, 6) is -1.20. The zero-order chi connectivity index (χ0) is 23.0. The SMILES string of the molecule is O=CN(OCc1ccccc1)C(C(=O)NNc1nccc(C(F)(F)F)n1)C1CCCCC1. The highest BCUT2D eigenvalue weighted by atomic mass is 19.4. The second-order valence-corrected chi connectivity index (χ2v) is 7.44. The lowest BCUT2D eigenvalue weighted by Crippen LogP contribution is -2.52. The number of hydrogen-bond donors (Lipinski definition) is 2. The van der Waals surface area contributed by atoms with E-state index >= 15 is 0 Å². The number of anilines is 1. The van der Waals surface area contributed by atoms with Crippen LogP contribution in [0.25, 0.3) is 0 Å². The second-order valence-electron chi connectivity index (χ2n) is 7.44. The van der Waals surface area contributed by atoms with Gasteiger partial charge in [0, 0.05) is 6.20 Å². The van der Waals surface area contributed by atoms with Gasteiger partial charge in [-0.2, -0.15) is 13.2 Å². The van der Waals surface area contributed by atoms with Gasteiger partial charge in [0.15, 0.2) is 0 Å². The minimum absolute atomic E-state index is 0.0836. The molecule has 172 valence electrons. The molecule has 32 heavy (non-hydrogen) atoms. The lowest BCUT2D eigenvalue weighted by Gasteiger charge is -2.34. The van der Waals surface area contributed by atoms with Crippen molar-refractivity contribution in [2.75, 3.05) is 5.43 Å². The summed E-state index contributed by atoms with van der Waals surface area (Å²) in [6, 6.07) is 8.91. The van der Waals surface area contributed by atoms with Gasteiger partial charge in [-0.1, -0.05) is 49.6 Å². The Balaban J connectivity index is 1.71. The largest absolute Gasteiger partial charge is 0.433 e. The summed E-state index contributed by atoms with van der Waals surface area (Å²) >= 11 is 0. The Morgan fingerprint density at radius 2 is 1.91 bits per heavy atom. The maximum absolute atomic E-state index is 13.0. The Bertz CT molecular complexity index is 892. The minimum atomic E-state index is -4.65. The summed E-state index contributed by atoms with van der Waals surface area (Å²) in [5.41, 5.74) is 4.31. The number of nitrogens with zero attached hydrogens (tertiary/aromatic N) is 3. The molecule has 3 rings (SSSR count). The molecular weight excluding hydrogens is 427 g/mol. The van der Waals surface area contributed by atoms with Crippen molar-refractivity contribution in [1.82, 2.24) is 20.5 Å². The molecule has 0 bridgehead atoms. The Kier molecular flexibility index (Phi) is 7.98. The van der Waals surface area contributed by atoms with Gasteiger partial charge >= 0.3 is 6.18 Å². The van der Waals surface area contributed by atoms with Crippen LogP contribution in [0.4, 0.5) is 19.1 Å². The Labute approximate surface area is 183 Å². The average molecular weight is 451 g/mol. The molecule has 0 aliphatic heterocycles. The molecular formula is C21H24F3N5O3.